The van der Waals surface area contributed by atoms with Crippen molar-refractivity contribution < 1.29 is 23.1 Å². The molecular weight excluding hydrogens is 285 g/mol. The molecule has 0 heterocycles. The third kappa shape index (κ3) is 2.98. The molecule has 5 nitrogen and oxygen atoms in total. The highest BCUT2D eigenvalue weighted by molar-refractivity contribution is 7.80. The number of hydrogen-bond acceptors (Lipinski definition) is 2. The van der Waals surface area contributed by atoms with Crippen molar-refractivity contribution in [3.63, 3.8) is 0 Å². The van der Waals surface area contributed by atoms with E-state index >= 15 is 0 Å². The van der Waals surface area contributed by atoms with Crippen molar-refractivity contribution in [1.82, 2.24) is 0 Å². The molecule has 0 spiro atoms. The Morgan fingerprint density at radius 2 is 2.17 bits per heavy atom. The second-order valence-electron chi connectivity index (χ2n) is 3.39. The summed E-state index contributed by atoms with van der Waals surface area (Å²) in [4.78, 5) is 10.9. The fourth-order valence-electron chi connectivity index (χ4n) is 1.42. The Hall–Kier alpha value is -1.18. The van der Waals surface area contributed by atoms with Crippen molar-refractivity contribution in [1.29, 1.82) is 0 Å². The van der Waals surface area contributed by atoms with Crippen molar-refractivity contribution in [3.8, 4) is 0 Å². The molecule has 8 heteroatoms. The van der Waals surface area contributed by atoms with Crippen molar-refractivity contribution >= 4 is 34.5 Å². The van der Waals surface area contributed by atoms with Crippen LogP contribution in [0.3, 0.4) is 0 Å². The highest BCUT2D eigenvalue weighted by Crippen LogP contribution is 2.29. The molecule has 1 aromatic carbocycles. The van der Waals surface area contributed by atoms with Crippen LogP contribution < -0.4 is 4.31 Å². The summed E-state index contributed by atoms with van der Waals surface area (Å²) >= 11 is 3.14. The molecule has 0 saturated heterocycles. The highest BCUT2D eigenvalue weighted by Gasteiger charge is 2.23. The smallest absolute Gasteiger partial charge is 0.340 e. The standard InChI is InChI=1S/C10H11ClFNO4S/c1-2-5-13(18(16)17)7-4-3-6(11)8(9(7)12)10(14)15/h3-4H,2,5H2,1H3,(H,14,15)(H,16,17). The predicted molar refractivity (Wildman–Crippen MR) is 66.8 cm³/mol. The summed E-state index contributed by atoms with van der Waals surface area (Å²) in [5, 5.41) is 8.58. The lowest BCUT2D eigenvalue weighted by atomic mass is 10.2. The average Bonchev–Trinajstić information content (AvgIpc) is 2.26. The van der Waals surface area contributed by atoms with E-state index in [2.05, 4.69) is 0 Å². The van der Waals surface area contributed by atoms with E-state index in [9.17, 15) is 13.4 Å². The molecule has 18 heavy (non-hydrogen) atoms. The van der Waals surface area contributed by atoms with Gasteiger partial charge in [-0.15, -0.1) is 0 Å². The summed E-state index contributed by atoms with van der Waals surface area (Å²) in [6.45, 7) is 1.85. The molecule has 0 aliphatic rings. The molecule has 1 unspecified atom stereocenters. The van der Waals surface area contributed by atoms with Crippen molar-refractivity contribution in [2.45, 2.75) is 13.3 Å². The van der Waals surface area contributed by atoms with Crippen LogP contribution in [0.25, 0.3) is 0 Å². The molecule has 0 fully saturated rings. The number of anilines is 1. The third-order valence-electron chi connectivity index (χ3n) is 2.17. The quantitative estimate of drug-likeness (QED) is 0.818. The first-order valence-electron chi connectivity index (χ1n) is 5.00. The first kappa shape index (κ1) is 14.9. The Balaban J connectivity index is 3.37. The van der Waals surface area contributed by atoms with E-state index in [-0.39, 0.29) is 17.3 Å². The maximum Gasteiger partial charge on any atom is 0.340 e. The number of carbonyl (C=O) groups is 1. The molecule has 1 aromatic rings. The van der Waals surface area contributed by atoms with Crippen molar-refractivity contribution in [2.24, 2.45) is 0 Å². The summed E-state index contributed by atoms with van der Waals surface area (Å²) < 4.78 is 35.0. The number of hydrogen-bond donors (Lipinski definition) is 2. The fraction of sp³-hybridized carbons (Fsp3) is 0.300. The van der Waals surface area contributed by atoms with Gasteiger partial charge in [-0.1, -0.05) is 18.5 Å². The molecule has 1 atom stereocenters. The van der Waals surface area contributed by atoms with Crippen LogP contribution >= 0.6 is 11.6 Å². The van der Waals surface area contributed by atoms with E-state index in [0.29, 0.717) is 6.42 Å². The minimum atomic E-state index is -2.44. The van der Waals surface area contributed by atoms with E-state index in [4.69, 9.17) is 21.3 Å². The highest BCUT2D eigenvalue weighted by atomic mass is 35.5. The molecule has 0 radical (unpaired) electrons. The van der Waals surface area contributed by atoms with Gasteiger partial charge in [0.15, 0.2) is 5.82 Å². The van der Waals surface area contributed by atoms with Gasteiger partial charge in [0.05, 0.1) is 10.7 Å². The Morgan fingerprint density at radius 1 is 1.56 bits per heavy atom. The number of carboxylic acids is 1. The Morgan fingerprint density at radius 3 is 2.61 bits per heavy atom. The number of halogens is 2. The SMILES string of the molecule is CCCN(c1ccc(Cl)c(C(=O)O)c1F)S(=O)O. The van der Waals surface area contributed by atoms with Gasteiger partial charge >= 0.3 is 5.97 Å². The fourth-order valence-corrected chi connectivity index (χ4v) is 2.29. The molecule has 2 N–H and O–H groups in total. The predicted octanol–water partition coefficient (Wildman–Crippen LogP) is 2.53. The Kier molecular flexibility index (Phi) is 5.06. The van der Waals surface area contributed by atoms with Gasteiger partial charge in [0.25, 0.3) is 11.3 Å². The summed E-state index contributed by atoms with van der Waals surface area (Å²) in [6, 6.07) is 2.35. The number of carboxylic acid groups (broad SMARTS) is 1. The number of aromatic carboxylic acids is 1. The summed E-state index contributed by atoms with van der Waals surface area (Å²) in [5.74, 6) is -2.65. The molecule has 0 saturated carbocycles. The van der Waals surface area contributed by atoms with E-state index in [1.54, 1.807) is 6.92 Å². The topological polar surface area (TPSA) is 77.8 Å². The second kappa shape index (κ2) is 6.12. The maximum absolute atomic E-state index is 14.0. The van der Waals surface area contributed by atoms with E-state index < -0.39 is 28.6 Å². The van der Waals surface area contributed by atoms with Crippen LogP contribution in [0, 0.1) is 5.82 Å². The number of nitrogens with zero attached hydrogens (tertiary/aromatic N) is 1. The number of benzene rings is 1. The molecule has 100 valence electrons. The van der Waals surface area contributed by atoms with Crippen LogP contribution in [0.1, 0.15) is 23.7 Å². The van der Waals surface area contributed by atoms with Crippen LogP contribution in [0.15, 0.2) is 12.1 Å². The van der Waals surface area contributed by atoms with Gasteiger partial charge in [0.2, 0.25) is 0 Å². The molecule has 0 amide bonds. The van der Waals surface area contributed by atoms with E-state index in [0.717, 1.165) is 4.31 Å². The zero-order valence-corrected chi connectivity index (χ0v) is 11.0. The Bertz CT molecular complexity index is 497. The first-order chi connectivity index (χ1) is 8.40. The minimum Gasteiger partial charge on any atom is -0.478 e. The zero-order chi connectivity index (χ0) is 13.9. The van der Waals surface area contributed by atoms with Gasteiger partial charge < -0.3 is 5.11 Å². The molecule has 0 aromatic heterocycles. The van der Waals surface area contributed by atoms with Gasteiger partial charge in [0.1, 0.15) is 5.56 Å². The van der Waals surface area contributed by atoms with Crippen LogP contribution in [0.2, 0.25) is 5.02 Å². The van der Waals surface area contributed by atoms with Crippen LogP contribution in [-0.4, -0.2) is 26.4 Å². The van der Waals surface area contributed by atoms with Gasteiger partial charge in [-0.2, -0.15) is 0 Å². The molecule has 0 bridgehead atoms. The maximum atomic E-state index is 14.0. The zero-order valence-electron chi connectivity index (χ0n) is 9.39. The molecule has 1 rings (SSSR count). The lowest BCUT2D eigenvalue weighted by Gasteiger charge is -2.20. The van der Waals surface area contributed by atoms with E-state index in [1.807, 2.05) is 0 Å². The molecule has 0 aliphatic carbocycles. The minimum absolute atomic E-state index is 0.112. The van der Waals surface area contributed by atoms with Gasteiger partial charge in [-0.05, 0) is 18.6 Å². The van der Waals surface area contributed by atoms with Crippen molar-refractivity contribution in [2.75, 3.05) is 10.8 Å². The second-order valence-corrected chi connectivity index (χ2v) is 4.70. The summed E-state index contributed by atoms with van der Waals surface area (Å²) in [6.07, 6.45) is 0.497. The van der Waals surface area contributed by atoms with Crippen LogP contribution in [-0.2, 0) is 11.3 Å². The lowest BCUT2D eigenvalue weighted by Crippen LogP contribution is -2.27. The molecule has 0 aliphatic heterocycles. The summed E-state index contributed by atoms with van der Waals surface area (Å²) in [5.41, 5.74) is -0.972. The van der Waals surface area contributed by atoms with Crippen LogP contribution in [0.4, 0.5) is 10.1 Å². The monoisotopic (exact) mass is 295 g/mol. The Labute approximate surface area is 111 Å². The summed E-state index contributed by atoms with van der Waals surface area (Å²) in [7, 11) is 0. The van der Waals surface area contributed by atoms with Crippen molar-refractivity contribution in [3.05, 3.63) is 28.5 Å². The first-order valence-corrected chi connectivity index (χ1v) is 6.44. The van der Waals surface area contributed by atoms with Crippen LogP contribution in [0.5, 0.6) is 0 Å². The largest absolute Gasteiger partial charge is 0.478 e. The molecular formula is C10H11ClFNO4S. The average molecular weight is 296 g/mol. The van der Waals surface area contributed by atoms with Gasteiger partial charge in [-0.25, -0.2) is 13.4 Å². The number of rotatable bonds is 5. The van der Waals surface area contributed by atoms with Gasteiger partial charge in [-0.3, -0.25) is 8.86 Å². The van der Waals surface area contributed by atoms with E-state index in [1.165, 1.54) is 12.1 Å². The van der Waals surface area contributed by atoms with Gasteiger partial charge in [0, 0.05) is 6.54 Å². The normalized spacial score (nSPS) is 12.2. The third-order valence-corrected chi connectivity index (χ3v) is 3.24. The lowest BCUT2D eigenvalue weighted by molar-refractivity contribution is 0.0692.